The van der Waals surface area contributed by atoms with Crippen molar-refractivity contribution in [3.8, 4) is 0 Å². The van der Waals surface area contributed by atoms with Crippen molar-refractivity contribution in [1.29, 1.82) is 0 Å². The monoisotopic (exact) mass is 275 g/mol. The van der Waals surface area contributed by atoms with Crippen molar-refractivity contribution in [3.63, 3.8) is 0 Å². The lowest BCUT2D eigenvalue weighted by Crippen LogP contribution is -2.19. The van der Waals surface area contributed by atoms with Crippen molar-refractivity contribution in [2.24, 2.45) is 0 Å². The Morgan fingerprint density at radius 1 is 1.13 bits per heavy atom. The Hall–Kier alpha value is -0.480. The lowest BCUT2D eigenvalue weighted by Gasteiger charge is -2.16. The largest absolute Gasteiger partial charge is 0.299 e. The zero-order valence-electron chi connectivity index (χ0n) is 8.27. The van der Waals surface area contributed by atoms with E-state index >= 15 is 0 Å². The van der Waals surface area contributed by atoms with Crippen LogP contribution in [0.4, 0.5) is 8.78 Å². The van der Waals surface area contributed by atoms with Gasteiger partial charge in [0.05, 0.1) is 4.47 Å². The minimum absolute atomic E-state index is 0.259. The molecule has 15 heavy (non-hydrogen) atoms. The predicted octanol–water partition coefficient (Wildman–Crippen LogP) is 3.32. The molecule has 1 fully saturated rings. The molecular weight excluding hydrogens is 264 g/mol. The van der Waals surface area contributed by atoms with Crippen LogP contribution in [0.15, 0.2) is 16.6 Å². The maximum atomic E-state index is 13.5. The molecule has 1 aromatic carbocycles. The lowest BCUT2D eigenvalue weighted by molar-refractivity contribution is 0.323. The molecule has 0 amide bonds. The molecular formula is C11H12BrF2N. The summed E-state index contributed by atoms with van der Waals surface area (Å²) in [5.74, 6) is -0.735. The Kier molecular flexibility index (Phi) is 3.36. The molecule has 0 bridgehead atoms. The van der Waals surface area contributed by atoms with Crippen LogP contribution in [0.1, 0.15) is 18.4 Å². The number of nitrogens with zero attached hydrogens (tertiary/aromatic N) is 1. The molecule has 0 unspecified atom stereocenters. The number of halogens is 3. The van der Waals surface area contributed by atoms with E-state index in [-0.39, 0.29) is 10.3 Å². The van der Waals surface area contributed by atoms with Crippen molar-refractivity contribution in [3.05, 3.63) is 33.8 Å². The molecule has 2 rings (SSSR count). The first kappa shape index (κ1) is 11.0. The van der Waals surface area contributed by atoms with Crippen LogP contribution in [0.25, 0.3) is 0 Å². The summed E-state index contributed by atoms with van der Waals surface area (Å²) in [6.45, 7) is 2.44. The average molecular weight is 276 g/mol. The fourth-order valence-electron chi connectivity index (χ4n) is 1.88. The summed E-state index contributed by atoms with van der Waals surface area (Å²) in [6, 6.07) is 2.33. The molecule has 82 valence electrons. The minimum atomic E-state index is -0.398. The third-order valence-corrected chi connectivity index (χ3v) is 3.58. The van der Waals surface area contributed by atoms with Gasteiger partial charge in [-0.25, -0.2) is 8.78 Å². The molecule has 0 aromatic heterocycles. The third-order valence-electron chi connectivity index (χ3n) is 2.72. The third kappa shape index (κ3) is 2.37. The zero-order valence-corrected chi connectivity index (χ0v) is 9.86. The highest BCUT2D eigenvalue weighted by Crippen LogP contribution is 2.25. The molecule has 0 aliphatic carbocycles. The molecule has 0 radical (unpaired) electrons. The van der Waals surface area contributed by atoms with Crippen LogP contribution < -0.4 is 0 Å². The first-order valence-corrected chi connectivity index (χ1v) is 5.82. The van der Waals surface area contributed by atoms with E-state index in [1.165, 1.54) is 6.07 Å². The standard InChI is InChI=1S/C11H12BrF2N/c12-11-8(7-15-5-1-2-6-15)9(13)3-4-10(11)14/h3-4H,1-2,5-7H2. The first-order chi connectivity index (χ1) is 7.18. The SMILES string of the molecule is Fc1ccc(F)c(CN2CCCC2)c1Br. The van der Waals surface area contributed by atoms with Gasteiger partial charge in [0.25, 0.3) is 0 Å². The second-order valence-electron chi connectivity index (χ2n) is 3.80. The van der Waals surface area contributed by atoms with Gasteiger partial charge in [-0.15, -0.1) is 0 Å². The van der Waals surface area contributed by atoms with Crippen molar-refractivity contribution < 1.29 is 8.78 Å². The minimum Gasteiger partial charge on any atom is -0.299 e. The summed E-state index contributed by atoms with van der Waals surface area (Å²) in [6.07, 6.45) is 2.29. The van der Waals surface area contributed by atoms with Gasteiger partial charge < -0.3 is 0 Å². The smallest absolute Gasteiger partial charge is 0.137 e. The number of hydrogen-bond donors (Lipinski definition) is 0. The normalized spacial score (nSPS) is 17.3. The summed E-state index contributed by atoms with van der Waals surface area (Å²) in [4.78, 5) is 2.14. The number of likely N-dealkylation sites (tertiary alicyclic amines) is 1. The highest BCUT2D eigenvalue weighted by atomic mass is 79.9. The fourth-order valence-corrected chi connectivity index (χ4v) is 2.33. The molecule has 1 nitrogen and oxygen atoms in total. The van der Waals surface area contributed by atoms with Crippen LogP contribution in [0, 0.1) is 11.6 Å². The van der Waals surface area contributed by atoms with Crippen LogP contribution in [-0.2, 0) is 6.54 Å². The maximum Gasteiger partial charge on any atom is 0.137 e. The molecule has 0 spiro atoms. The summed E-state index contributed by atoms with van der Waals surface area (Å²) in [5.41, 5.74) is 0.428. The van der Waals surface area contributed by atoms with E-state index in [1.54, 1.807) is 0 Å². The Morgan fingerprint density at radius 2 is 1.73 bits per heavy atom. The van der Waals surface area contributed by atoms with Crippen LogP contribution in [0.3, 0.4) is 0 Å². The van der Waals surface area contributed by atoms with Gasteiger partial charge in [0.1, 0.15) is 11.6 Å². The van der Waals surface area contributed by atoms with Gasteiger partial charge in [0.2, 0.25) is 0 Å². The lowest BCUT2D eigenvalue weighted by atomic mass is 10.2. The van der Waals surface area contributed by atoms with Crippen molar-refractivity contribution >= 4 is 15.9 Å². The van der Waals surface area contributed by atoms with Gasteiger partial charge in [-0.2, -0.15) is 0 Å². The van der Waals surface area contributed by atoms with Crippen LogP contribution in [-0.4, -0.2) is 18.0 Å². The molecule has 0 N–H and O–H groups in total. The summed E-state index contributed by atoms with van der Waals surface area (Å²) < 4.78 is 26.9. The summed E-state index contributed by atoms with van der Waals surface area (Å²) >= 11 is 3.10. The van der Waals surface area contributed by atoms with Crippen molar-refractivity contribution in [2.75, 3.05) is 13.1 Å². The van der Waals surface area contributed by atoms with Gasteiger partial charge in [0.15, 0.2) is 0 Å². The van der Waals surface area contributed by atoms with Gasteiger partial charge >= 0.3 is 0 Å². The molecule has 4 heteroatoms. The average Bonchev–Trinajstić information content (AvgIpc) is 2.71. The molecule has 1 heterocycles. The van der Waals surface area contributed by atoms with Gasteiger partial charge in [-0.05, 0) is 54.0 Å². The summed E-state index contributed by atoms with van der Waals surface area (Å²) in [7, 11) is 0. The molecule has 1 aliphatic rings. The highest BCUT2D eigenvalue weighted by molar-refractivity contribution is 9.10. The Morgan fingerprint density at radius 3 is 2.40 bits per heavy atom. The van der Waals surface area contributed by atoms with E-state index < -0.39 is 5.82 Å². The maximum absolute atomic E-state index is 13.5. The molecule has 1 aliphatic heterocycles. The van der Waals surface area contributed by atoms with Crippen LogP contribution in [0.2, 0.25) is 0 Å². The van der Waals surface area contributed by atoms with E-state index in [0.717, 1.165) is 32.0 Å². The number of hydrogen-bond acceptors (Lipinski definition) is 1. The van der Waals surface area contributed by atoms with E-state index in [4.69, 9.17) is 0 Å². The molecule has 1 aromatic rings. The molecule has 1 saturated heterocycles. The molecule has 0 saturated carbocycles. The van der Waals surface area contributed by atoms with Gasteiger partial charge in [0, 0.05) is 12.1 Å². The van der Waals surface area contributed by atoms with Gasteiger partial charge in [-0.3, -0.25) is 4.90 Å². The van der Waals surface area contributed by atoms with Gasteiger partial charge in [-0.1, -0.05) is 0 Å². The second-order valence-corrected chi connectivity index (χ2v) is 4.60. The zero-order chi connectivity index (χ0) is 10.8. The quantitative estimate of drug-likeness (QED) is 0.749. The van der Waals surface area contributed by atoms with E-state index in [1.807, 2.05) is 0 Å². The molecule has 0 atom stereocenters. The van der Waals surface area contributed by atoms with E-state index in [0.29, 0.717) is 12.1 Å². The summed E-state index contributed by atoms with van der Waals surface area (Å²) in [5, 5.41) is 0. The topological polar surface area (TPSA) is 3.24 Å². The van der Waals surface area contributed by atoms with Crippen LogP contribution >= 0.6 is 15.9 Å². The Balaban J connectivity index is 2.22. The Labute approximate surface area is 96.2 Å². The van der Waals surface area contributed by atoms with E-state index in [2.05, 4.69) is 20.8 Å². The predicted molar refractivity (Wildman–Crippen MR) is 58.6 cm³/mol. The van der Waals surface area contributed by atoms with Crippen molar-refractivity contribution in [1.82, 2.24) is 4.90 Å². The van der Waals surface area contributed by atoms with Crippen LogP contribution in [0.5, 0.6) is 0 Å². The fraction of sp³-hybridized carbons (Fsp3) is 0.455. The van der Waals surface area contributed by atoms with Crippen molar-refractivity contribution in [2.45, 2.75) is 19.4 Å². The Bertz CT molecular complexity index is 362. The van der Waals surface area contributed by atoms with E-state index in [9.17, 15) is 8.78 Å². The number of benzene rings is 1. The number of rotatable bonds is 2. The second kappa shape index (κ2) is 4.58. The first-order valence-electron chi connectivity index (χ1n) is 5.03. The highest BCUT2D eigenvalue weighted by Gasteiger charge is 2.17.